The van der Waals surface area contributed by atoms with Crippen LogP contribution in [0.3, 0.4) is 0 Å². The van der Waals surface area contributed by atoms with Crippen LogP contribution in [-0.2, 0) is 0 Å². The van der Waals surface area contributed by atoms with E-state index < -0.39 is 0 Å². The summed E-state index contributed by atoms with van der Waals surface area (Å²) in [6, 6.07) is 0. The first-order chi connectivity index (χ1) is 5.11. The van der Waals surface area contributed by atoms with Gasteiger partial charge in [0.25, 0.3) is 0 Å². The van der Waals surface area contributed by atoms with Crippen LogP contribution < -0.4 is 0 Å². The smallest absolute Gasteiger partial charge is 0.0595 e. The molecule has 1 fully saturated rings. The Morgan fingerprint density at radius 1 is 1.36 bits per heavy atom. The molecule has 0 radical (unpaired) electrons. The van der Waals surface area contributed by atoms with Gasteiger partial charge >= 0.3 is 0 Å². The van der Waals surface area contributed by atoms with Crippen LogP contribution in [0.15, 0.2) is 0 Å². The number of aliphatic hydroxyl groups is 2. The minimum atomic E-state index is -0.350. The Balaban J connectivity index is 2.44. The van der Waals surface area contributed by atoms with Gasteiger partial charge in [-0.3, -0.25) is 0 Å². The molecule has 2 nitrogen and oxygen atoms in total. The molecule has 1 saturated carbocycles. The van der Waals surface area contributed by atoms with Crippen molar-refractivity contribution in [3.05, 3.63) is 0 Å². The molecule has 0 heterocycles. The van der Waals surface area contributed by atoms with E-state index in [2.05, 4.69) is 6.92 Å². The molecule has 0 aromatic rings. The summed E-state index contributed by atoms with van der Waals surface area (Å²) in [5.74, 6) is 0.742. The van der Waals surface area contributed by atoms with Crippen molar-refractivity contribution in [3.8, 4) is 0 Å². The highest BCUT2D eigenvalue weighted by Crippen LogP contribution is 2.30. The number of rotatable bonds is 1. The number of hydrogen-bond acceptors (Lipinski definition) is 2. The molecule has 2 heteroatoms. The SMILES string of the molecule is CC1CCC(C(C)O)C(O)C1. The molecule has 0 aliphatic heterocycles. The van der Waals surface area contributed by atoms with Crippen molar-refractivity contribution in [3.63, 3.8) is 0 Å². The fraction of sp³-hybridized carbons (Fsp3) is 1.00. The van der Waals surface area contributed by atoms with Gasteiger partial charge in [-0.15, -0.1) is 0 Å². The molecule has 0 aromatic carbocycles. The summed E-state index contributed by atoms with van der Waals surface area (Å²) in [5.41, 5.74) is 0. The van der Waals surface area contributed by atoms with Crippen LogP contribution in [0.2, 0.25) is 0 Å². The number of aliphatic hydroxyl groups excluding tert-OH is 2. The van der Waals surface area contributed by atoms with Crippen molar-refractivity contribution in [2.45, 2.75) is 45.3 Å². The van der Waals surface area contributed by atoms with Crippen molar-refractivity contribution in [2.75, 3.05) is 0 Å². The quantitative estimate of drug-likeness (QED) is 0.601. The Hall–Kier alpha value is -0.0800. The minimum absolute atomic E-state index is 0.117. The molecule has 4 atom stereocenters. The number of hydrogen-bond donors (Lipinski definition) is 2. The van der Waals surface area contributed by atoms with Gasteiger partial charge in [0.1, 0.15) is 0 Å². The van der Waals surface area contributed by atoms with Crippen LogP contribution in [0, 0.1) is 11.8 Å². The highest BCUT2D eigenvalue weighted by molar-refractivity contribution is 4.80. The highest BCUT2D eigenvalue weighted by Gasteiger charge is 2.29. The van der Waals surface area contributed by atoms with E-state index in [-0.39, 0.29) is 18.1 Å². The fourth-order valence-corrected chi connectivity index (χ4v) is 1.94. The minimum Gasteiger partial charge on any atom is -0.393 e. The third-order valence-corrected chi connectivity index (χ3v) is 2.75. The average Bonchev–Trinajstić information content (AvgIpc) is 1.85. The van der Waals surface area contributed by atoms with Gasteiger partial charge in [-0.2, -0.15) is 0 Å². The normalized spacial score (nSPS) is 42.0. The van der Waals surface area contributed by atoms with Gasteiger partial charge in [0.15, 0.2) is 0 Å². The van der Waals surface area contributed by atoms with Crippen LogP contribution in [0.5, 0.6) is 0 Å². The predicted octanol–water partition coefficient (Wildman–Crippen LogP) is 1.16. The second-order valence-corrected chi connectivity index (χ2v) is 3.89. The Bertz CT molecular complexity index is 123. The van der Waals surface area contributed by atoms with Gasteiger partial charge in [-0.1, -0.05) is 13.3 Å². The molecule has 1 aliphatic carbocycles. The van der Waals surface area contributed by atoms with Crippen molar-refractivity contribution >= 4 is 0 Å². The van der Waals surface area contributed by atoms with Crippen molar-refractivity contribution in [2.24, 2.45) is 11.8 Å². The summed E-state index contributed by atoms with van der Waals surface area (Å²) in [5, 5.41) is 18.8. The second-order valence-electron chi connectivity index (χ2n) is 3.89. The zero-order valence-electron chi connectivity index (χ0n) is 7.33. The largest absolute Gasteiger partial charge is 0.393 e. The van der Waals surface area contributed by atoms with Gasteiger partial charge in [0.2, 0.25) is 0 Å². The first-order valence-corrected chi connectivity index (χ1v) is 4.47. The van der Waals surface area contributed by atoms with E-state index in [1.54, 1.807) is 6.92 Å². The van der Waals surface area contributed by atoms with Crippen LogP contribution >= 0.6 is 0 Å². The first kappa shape index (κ1) is 9.01. The average molecular weight is 158 g/mol. The second kappa shape index (κ2) is 3.55. The third-order valence-electron chi connectivity index (χ3n) is 2.75. The Labute approximate surface area is 68.2 Å². The summed E-state index contributed by atoms with van der Waals surface area (Å²) in [4.78, 5) is 0. The van der Waals surface area contributed by atoms with E-state index in [0.717, 1.165) is 19.3 Å². The lowest BCUT2D eigenvalue weighted by atomic mass is 9.78. The fourth-order valence-electron chi connectivity index (χ4n) is 1.94. The van der Waals surface area contributed by atoms with Crippen molar-refractivity contribution < 1.29 is 10.2 Å². The van der Waals surface area contributed by atoms with Gasteiger partial charge in [-0.25, -0.2) is 0 Å². The van der Waals surface area contributed by atoms with E-state index in [0.29, 0.717) is 5.92 Å². The molecule has 0 aromatic heterocycles. The molecule has 1 aliphatic rings. The lowest BCUT2D eigenvalue weighted by Gasteiger charge is -2.33. The summed E-state index contributed by atoms with van der Waals surface area (Å²) < 4.78 is 0. The Morgan fingerprint density at radius 2 is 2.00 bits per heavy atom. The molecule has 0 bridgehead atoms. The van der Waals surface area contributed by atoms with Gasteiger partial charge < -0.3 is 10.2 Å². The molecule has 4 unspecified atom stereocenters. The molecule has 0 amide bonds. The molecule has 0 saturated heterocycles. The van der Waals surface area contributed by atoms with E-state index in [4.69, 9.17) is 0 Å². The molecule has 2 N–H and O–H groups in total. The first-order valence-electron chi connectivity index (χ1n) is 4.47. The summed E-state index contributed by atoms with van der Waals surface area (Å²) in [7, 11) is 0. The van der Waals surface area contributed by atoms with Crippen molar-refractivity contribution in [1.29, 1.82) is 0 Å². The molecule has 66 valence electrons. The maximum Gasteiger partial charge on any atom is 0.0595 e. The Kier molecular flexibility index (Phi) is 2.90. The zero-order valence-corrected chi connectivity index (χ0v) is 7.33. The topological polar surface area (TPSA) is 40.5 Å². The maximum atomic E-state index is 9.55. The molecular formula is C9H18O2. The summed E-state index contributed by atoms with van der Waals surface area (Å²) in [6.45, 7) is 3.92. The van der Waals surface area contributed by atoms with Crippen LogP contribution in [0.25, 0.3) is 0 Å². The Morgan fingerprint density at radius 3 is 2.45 bits per heavy atom. The van der Waals surface area contributed by atoms with Crippen LogP contribution in [0.4, 0.5) is 0 Å². The summed E-state index contributed by atoms with van der Waals surface area (Å²) in [6.07, 6.45) is 2.35. The maximum absolute atomic E-state index is 9.55. The van der Waals surface area contributed by atoms with E-state index in [9.17, 15) is 10.2 Å². The van der Waals surface area contributed by atoms with E-state index in [1.807, 2.05) is 0 Å². The molecular weight excluding hydrogens is 140 g/mol. The molecule has 1 rings (SSSR count). The van der Waals surface area contributed by atoms with Gasteiger partial charge in [-0.05, 0) is 25.7 Å². The van der Waals surface area contributed by atoms with Crippen LogP contribution in [0.1, 0.15) is 33.1 Å². The van der Waals surface area contributed by atoms with Crippen LogP contribution in [-0.4, -0.2) is 22.4 Å². The van der Waals surface area contributed by atoms with E-state index >= 15 is 0 Å². The highest BCUT2D eigenvalue weighted by atomic mass is 16.3. The molecule has 11 heavy (non-hydrogen) atoms. The standard InChI is InChI=1S/C9H18O2/c1-6-3-4-8(7(2)10)9(11)5-6/h6-11H,3-5H2,1-2H3. The summed E-state index contributed by atoms with van der Waals surface area (Å²) >= 11 is 0. The van der Waals surface area contributed by atoms with E-state index in [1.165, 1.54) is 0 Å². The monoisotopic (exact) mass is 158 g/mol. The third kappa shape index (κ3) is 2.17. The van der Waals surface area contributed by atoms with Gasteiger partial charge in [0, 0.05) is 5.92 Å². The van der Waals surface area contributed by atoms with Gasteiger partial charge in [0.05, 0.1) is 12.2 Å². The van der Waals surface area contributed by atoms with Crippen molar-refractivity contribution in [1.82, 2.24) is 0 Å². The molecule has 0 spiro atoms. The predicted molar refractivity (Wildman–Crippen MR) is 44.2 cm³/mol. The lowest BCUT2D eigenvalue weighted by molar-refractivity contribution is -0.0168. The zero-order chi connectivity index (χ0) is 8.43. The lowest BCUT2D eigenvalue weighted by Crippen LogP contribution is -2.35.